The maximum atomic E-state index is 3.41. The van der Waals surface area contributed by atoms with Gasteiger partial charge in [-0.1, -0.05) is 31.0 Å². The van der Waals surface area contributed by atoms with Crippen molar-refractivity contribution in [1.82, 2.24) is 4.98 Å². The first-order chi connectivity index (χ1) is 9.13. The van der Waals surface area contributed by atoms with Gasteiger partial charge in [0.05, 0.1) is 12.1 Å². The number of benzene rings is 1. The molecule has 0 aliphatic rings. The molecule has 2 rings (SSSR count). The fourth-order valence-corrected chi connectivity index (χ4v) is 2.85. The number of unbranched alkanes of at least 4 members (excludes halogenated alkanes) is 2. The van der Waals surface area contributed by atoms with Gasteiger partial charge in [-0.2, -0.15) is 0 Å². The zero-order valence-corrected chi connectivity index (χ0v) is 12.6. The highest BCUT2D eigenvalue weighted by Gasteiger charge is 2.17. The molecule has 0 fully saturated rings. The Morgan fingerprint density at radius 1 is 1.05 bits per heavy atom. The number of aromatic nitrogens is 2. The Morgan fingerprint density at radius 2 is 1.74 bits per heavy atom. The van der Waals surface area contributed by atoms with Gasteiger partial charge in [-0.15, -0.1) is 0 Å². The van der Waals surface area contributed by atoms with Crippen LogP contribution in [0, 0.1) is 20.8 Å². The lowest BCUT2D eigenvalue weighted by Gasteiger charge is -2.08. The lowest BCUT2D eigenvalue weighted by molar-refractivity contribution is -0.685. The van der Waals surface area contributed by atoms with E-state index < -0.39 is 0 Å². The summed E-state index contributed by atoms with van der Waals surface area (Å²) in [6.07, 6.45) is 8.01. The van der Waals surface area contributed by atoms with Gasteiger partial charge < -0.3 is 0 Å². The first-order valence-electron chi connectivity index (χ1n) is 7.28. The molecule has 0 aliphatic carbocycles. The summed E-state index contributed by atoms with van der Waals surface area (Å²) in [6, 6.07) is 4.53. The van der Waals surface area contributed by atoms with Gasteiger partial charge in [0.25, 0.3) is 5.82 Å². The van der Waals surface area contributed by atoms with E-state index >= 15 is 0 Å². The van der Waals surface area contributed by atoms with Gasteiger partial charge in [0.1, 0.15) is 12.4 Å². The summed E-state index contributed by atoms with van der Waals surface area (Å²) in [6.45, 7) is 9.91. The van der Waals surface area contributed by atoms with E-state index in [9.17, 15) is 0 Å². The molecule has 0 saturated carbocycles. The Hall–Kier alpha value is -1.57. The molecule has 0 bridgehead atoms. The van der Waals surface area contributed by atoms with Crippen LogP contribution in [0.3, 0.4) is 0 Å². The van der Waals surface area contributed by atoms with Crippen LogP contribution in [0.1, 0.15) is 42.9 Å². The molecule has 102 valence electrons. The minimum atomic E-state index is 1.10. The molecule has 0 atom stereocenters. The third kappa shape index (κ3) is 3.06. The standard InChI is InChI=1S/C17H24N2/c1-5-6-7-9-19-10-8-18-17(19)16-14(3)11-13(2)12-15(16)4/h8,10-12H,5-7,9H2,1-4H3/p+1. The van der Waals surface area contributed by atoms with Gasteiger partial charge >= 0.3 is 0 Å². The van der Waals surface area contributed by atoms with E-state index in [1.54, 1.807) is 0 Å². The van der Waals surface area contributed by atoms with Crippen LogP contribution in [-0.2, 0) is 6.54 Å². The van der Waals surface area contributed by atoms with Gasteiger partial charge in [-0.25, -0.2) is 9.55 Å². The van der Waals surface area contributed by atoms with E-state index in [0.29, 0.717) is 0 Å². The summed E-state index contributed by atoms with van der Waals surface area (Å²) in [5.74, 6) is 1.24. The molecule has 0 saturated heterocycles. The fourth-order valence-electron chi connectivity index (χ4n) is 2.85. The molecule has 0 spiro atoms. The topological polar surface area (TPSA) is 19.7 Å². The van der Waals surface area contributed by atoms with E-state index in [-0.39, 0.29) is 0 Å². The number of aryl methyl sites for hydroxylation is 4. The van der Waals surface area contributed by atoms with Gasteiger partial charge in [0.15, 0.2) is 0 Å². The first kappa shape index (κ1) is 13.9. The SMILES string of the molecule is CCCCC[n+]1cc[nH]c1-c1c(C)cc(C)cc1C. The minimum Gasteiger partial charge on any atom is -0.243 e. The quantitative estimate of drug-likeness (QED) is 0.615. The Labute approximate surface area is 116 Å². The third-order valence-electron chi connectivity index (χ3n) is 3.68. The Balaban J connectivity index is 2.35. The predicted molar refractivity (Wildman–Crippen MR) is 80.2 cm³/mol. The zero-order valence-electron chi connectivity index (χ0n) is 12.6. The van der Waals surface area contributed by atoms with Crippen molar-refractivity contribution >= 4 is 0 Å². The van der Waals surface area contributed by atoms with Crippen LogP contribution in [0.15, 0.2) is 24.5 Å². The second-order valence-electron chi connectivity index (χ2n) is 5.48. The highest BCUT2D eigenvalue weighted by Crippen LogP contribution is 2.24. The van der Waals surface area contributed by atoms with Gasteiger partial charge in [0.2, 0.25) is 0 Å². The van der Waals surface area contributed by atoms with Crippen LogP contribution in [0.5, 0.6) is 0 Å². The number of aromatic amines is 1. The largest absolute Gasteiger partial charge is 0.287 e. The van der Waals surface area contributed by atoms with Crippen LogP contribution in [-0.4, -0.2) is 4.98 Å². The van der Waals surface area contributed by atoms with Gasteiger partial charge in [-0.3, -0.25) is 0 Å². The molecule has 2 nitrogen and oxygen atoms in total. The van der Waals surface area contributed by atoms with Crippen molar-refractivity contribution < 1.29 is 4.57 Å². The van der Waals surface area contributed by atoms with Gasteiger partial charge in [0, 0.05) is 0 Å². The maximum Gasteiger partial charge on any atom is 0.287 e. The Bertz CT molecular complexity index is 529. The van der Waals surface area contributed by atoms with Crippen molar-refractivity contribution in [3.8, 4) is 11.4 Å². The van der Waals surface area contributed by atoms with E-state index in [2.05, 4.69) is 55.6 Å². The average molecular weight is 257 g/mol. The summed E-state index contributed by atoms with van der Waals surface area (Å²) < 4.78 is 2.35. The Morgan fingerprint density at radius 3 is 2.37 bits per heavy atom. The molecule has 19 heavy (non-hydrogen) atoms. The number of nitrogens with zero attached hydrogens (tertiary/aromatic N) is 1. The molecule has 1 aromatic carbocycles. The monoisotopic (exact) mass is 257 g/mol. The lowest BCUT2D eigenvalue weighted by atomic mass is 9.99. The summed E-state index contributed by atoms with van der Waals surface area (Å²) in [4.78, 5) is 3.41. The molecular weight excluding hydrogens is 232 g/mol. The molecule has 1 aromatic heterocycles. The summed E-state index contributed by atoms with van der Waals surface area (Å²) >= 11 is 0. The van der Waals surface area contributed by atoms with Gasteiger partial charge in [-0.05, 0) is 44.7 Å². The molecule has 1 heterocycles. The lowest BCUT2D eigenvalue weighted by Crippen LogP contribution is -2.34. The highest BCUT2D eigenvalue weighted by atomic mass is 15.1. The number of imidazole rings is 1. The second kappa shape index (κ2) is 6.05. The fraction of sp³-hybridized carbons (Fsp3) is 0.471. The van der Waals surface area contributed by atoms with E-state index in [1.165, 1.54) is 47.3 Å². The van der Waals surface area contributed by atoms with Crippen molar-refractivity contribution in [1.29, 1.82) is 0 Å². The average Bonchev–Trinajstić information content (AvgIpc) is 2.76. The number of hydrogen-bond acceptors (Lipinski definition) is 0. The van der Waals surface area contributed by atoms with Crippen LogP contribution in [0.25, 0.3) is 11.4 Å². The smallest absolute Gasteiger partial charge is 0.243 e. The van der Waals surface area contributed by atoms with E-state index in [4.69, 9.17) is 0 Å². The van der Waals surface area contributed by atoms with Crippen LogP contribution in [0.2, 0.25) is 0 Å². The number of rotatable bonds is 5. The Kier molecular flexibility index (Phi) is 4.41. The molecule has 0 amide bonds. The molecule has 2 aromatic rings. The predicted octanol–water partition coefficient (Wildman–Crippen LogP) is 4.08. The van der Waals surface area contributed by atoms with E-state index in [0.717, 1.165) is 6.54 Å². The number of hydrogen-bond donors (Lipinski definition) is 1. The van der Waals surface area contributed by atoms with Crippen molar-refractivity contribution in [2.75, 3.05) is 0 Å². The maximum absolute atomic E-state index is 3.41. The molecular formula is C17H25N2+. The van der Waals surface area contributed by atoms with Crippen LogP contribution < -0.4 is 4.57 Å². The van der Waals surface area contributed by atoms with Crippen molar-refractivity contribution in [3.05, 3.63) is 41.2 Å². The van der Waals surface area contributed by atoms with Crippen molar-refractivity contribution in [2.45, 2.75) is 53.5 Å². The molecule has 0 unspecified atom stereocenters. The van der Waals surface area contributed by atoms with Crippen LogP contribution >= 0.6 is 0 Å². The second-order valence-corrected chi connectivity index (χ2v) is 5.48. The van der Waals surface area contributed by atoms with Crippen molar-refractivity contribution in [2.24, 2.45) is 0 Å². The normalized spacial score (nSPS) is 10.9. The molecule has 1 N–H and O–H groups in total. The van der Waals surface area contributed by atoms with Crippen molar-refractivity contribution in [3.63, 3.8) is 0 Å². The summed E-state index contributed by atoms with van der Waals surface area (Å²) in [7, 11) is 0. The summed E-state index contributed by atoms with van der Waals surface area (Å²) in [5.41, 5.74) is 5.39. The number of H-pyrrole nitrogens is 1. The van der Waals surface area contributed by atoms with E-state index in [1.807, 2.05) is 6.20 Å². The third-order valence-corrected chi connectivity index (χ3v) is 3.68. The van der Waals surface area contributed by atoms with Crippen LogP contribution in [0.4, 0.5) is 0 Å². The number of nitrogens with one attached hydrogen (secondary N) is 1. The molecule has 2 heteroatoms. The molecule has 0 radical (unpaired) electrons. The minimum absolute atomic E-state index is 1.10. The summed E-state index contributed by atoms with van der Waals surface area (Å²) in [5, 5.41) is 0. The first-order valence-corrected chi connectivity index (χ1v) is 7.28. The molecule has 0 aliphatic heterocycles. The highest BCUT2D eigenvalue weighted by molar-refractivity contribution is 5.63. The zero-order chi connectivity index (χ0) is 13.8.